The molecule has 3 heteroatoms. The van der Waals surface area contributed by atoms with Crippen LogP contribution in [-0.4, -0.2) is 23.3 Å². The molecule has 0 atom stereocenters. The summed E-state index contributed by atoms with van der Waals surface area (Å²) in [4.78, 5) is 6.54. The fourth-order valence-electron chi connectivity index (χ4n) is 1.76. The first-order valence-electron chi connectivity index (χ1n) is 5.40. The van der Waals surface area contributed by atoms with E-state index in [2.05, 4.69) is 9.89 Å². The minimum Gasteiger partial charge on any atom is -0.347 e. The van der Waals surface area contributed by atoms with Gasteiger partial charge in [0.1, 0.15) is 0 Å². The zero-order valence-corrected chi connectivity index (χ0v) is 9.45. The Kier molecular flexibility index (Phi) is 3.62. The fourth-order valence-corrected chi connectivity index (χ4v) is 2.02. The highest BCUT2D eigenvalue weighted by Gasteiger charge is 2.12. The maximum atomic E-state index is 6.17. The van der Waals surface area contributed by atoms with Gasteiger partial charge in [-0.25, -0.2) is 4.99 Å². The van der Waals surface area contributed by atoms with Crippen molar-refractivity contribution in [3.05, 3.63) is 30.3 Å². The van der Waals surface area contributed by atoms with Gasteiger partial charge in [-0.3, -0.25) is 0 Å². The van der Waals surface area contributed by atoms with Gasteiger partial charge in [-0.15, -0.1) is 0 Å². The third-order valence-corrected chi connectivity index (χ3v) is 2.92. The second-order valence-corrected chi connectivity index (χ2v) is 4.10. The average molecular weight is 223 g/mol. The summed E-state index contributed by atoms with van der Waals surface area (Å²) in [6.07, 6.45) is 3.76. The Morgan fingerprint density at radius 1 is 1.07 bits per heavy atom. The molecule has 1 aromatic carbocycles. The summed E-state index contributed by atoms with van der Waals surface area (Å²) in [7, 11) is 0. The molecule has 0 amide bonds. The molecular weight excluding hydrogens is 208 g/mol. The van der Waals surface area contributed by atoms with E-state index in [4.69, 9.17) is 11.6 Å². The number of halogens is 1. The lowest BCUT2D eigenvalue weighted by Gasteiger charge is -2.26. The summed E-state index contributed by atoms with van der Waals surface area (Å²) < 4.78 is 0. The first kappa shape index (κ1) is 10.5. The van der Waals surface area contributed by atoms with Gasteiger partial charge in [0.2, 0.25) is 0 Å². The van der Waals surface area contributed by atoms with Crippen LogP contribution in [0.25, 0.3) is 0 Å². The van der Waals surface area contributed by atoms with E-state index < -0.39 is 0 Å². The van der Waals surface area contributed by atoms with Crippen molar-refractivity contribution in [1.29, 1.82) is 0 Å². The van der Waals surface area contributed by atoms with E-state index in [1.807, 2.05) is 30.3 Å². The lowest BCUT2D eigenvalue weighted by atomic mass is 10.1. The maximum absolute atomic E-state index is 6.17. The maximum Gasteiger partial charge on any atom is 0.199 e. The largest absolute Gasteiger partial charge is 0.347 e. The van der Waals surface area contributed by atoms with Crippen LogP contribution in [0.2, 0.25) is 0 Å². The normalized spacial score (nSPS) is 17.9. The molecular formula is C12H15ClN2. The number of rotatable bonds is 1. The van der Waals surface area contributed by atoms with Crippen LogP contribution in [0.1, 0.15) is 19.3 Å². The summed E-state index contributed by atoms with van der Waals surface area (Å²) in [5.41, 5.74) is 0.924. The van der Waals surface area contributed by atoms with E-state index in [1.165, 1.54) is 19.3 Å². The zero-order chi connectivity index (χ0) is 10.5. The highest BCUT2D eigenvalue weighted by molar-refractivity contribution is 6.64. The van der Waals surface area contributed by atoms with E-state index in [-0.39, 0.29) is 0 Å². The second-order valence-electron chi connectivity index (χ2n) is 3.76. The number of hydrogen-bond acceptors (Lipinski definition) is 1. The Labute approximate surface area is 95.6 Å². The lowest BCUT2D eigenvalue weighted by molar-refractivity contribution is 0.347. The molecule has 1 aliphatic heterocycles. The number of benzene rings is 1. The number of nitrogens with zero attached hydrogens (tertiary/aromatic N) is 2. The average Bonchev–Trinajstić information content (AvgIpc) is 2.31. The smallest absolute Gasteiger partial charge is 0.199 e. The van der Waals surface area contributed by atoms with Crippen molar-refractivity contribution in [3.8, 4) is 0 Å². The summed E-state index contributed by atoms with van der Waals surface area (Å²) in [6, 6.07) is 9.85. The predicted molar refractivity (Wildman–Crippen MR) is 64.8 cm³/mol. The Morgan fingerprint density at radius 3 is 2.40 bits per heavy atom. The van der Waals surface area contributed by atoms with Gasteiger partial charge in [0.25, 0.3) is 0 Å². The standard InChI is InChI=1S/C12H15ClN2/c13-12(15-9-5-2-6-10-15)14-11-7-3-1-4-8-11/h1,3-4,7-8H,2,5-6,9-10H2. The molecule has 0 aromatic heterocycles. The summed E-state index contributed by atoms with van der Waals surface area (Å²) >= 11 is 6.17. The molecule has 1 fully saturated rings. The molecule has 0 aliphatic carbocycles. The molecule has 0 radical (unpaired) electrons. The number of piperidine rings is 1. The van der Waals surface area contributed by atoms with Gasteiger partial charge in [-0.2, -0.15) is 0 Å². The fraction of sp³-hybridized carbons (Fsp3) is 0.417. The third-order valence-electron chi connectivity index (χ3n) is 2.59. The van der Waals surface area contributed by atoms with Crippen LogP contribution in [-0.2, 0) is 0 Å². The van der Waals surface area contributed by atoms with Crippen LogP contribution in [0.5, 0.6) is 0 Å². The van der Waals surface area contributed by atoms with Gasteiger partial charge in [-0.1, -0.05) is 18.2 Å². The summed E-state index contributed by atoms with van der Waals surface area (Å²) in [6.45, 7) is 2.07. The van der Waals surface area contributed by atoms with Crippen molar-refractivity contribution in [3.63, 3.8) is 0 Å². The van der Waals surface area contributed by atoms with E-state index in [0.717, 1.165) is 18.8 Å². The highest BCUT2D eigenvalue weighted by Crippen LogP contribution is 2.16. The Bertz CT molecular complexity index is 329. The van der Waals surface area contributed by atoms with Crippen molar-refractivity contribution in [2.45, 2.75) is 19.3 Å². The number of aliphatic imine (C=N–C) groups is 1. The minimum absolute atomic E-state index is 0.626. The van der Waals surface area contributed by atoms with E-state index in [9.17, 15) is 0 Å². The second kappa shape index (κ2) is 5.17. The molecule has 2 nitrogen and oxygen atoms in total. The monoisotopic (exact) mass is 222 g/mol. The number of para-hydroxylation sites is 1. The first-order chi connectivity index (χ1) is 7.36. The quantitative estimate of drug-likeness (QED) is 0.404. The molecule has 1 aromatic rings. The molecule has 0 saturated carbocycles. The molecule has 0 N–H and O–H groups in total. The highest BCUT2D eigenvalue weighted by atomic mass is 35.5. The third kappa shape index (κ3) is 2.96. The van der Waals surface area contributed by atoms with Crippen LogP contribution in [0.15, 0.2) is 35.3 Å². The van der Waals surface area contributed by atoms with Gasteiger partial charge >= 0.3 is 0 Å². The van der Waals surface area contributed by atoms with Gasteiger partial charge in [0.15, 0.2) is 5.29 Å². The Balaban J connectivity index is 2.06. The van der Waals surface area contributed by atoms with Crippen molar-refractivity contribution in [2.75, 3.05) is 13.1 Å². The van der Waals surface area contributed by atoms with Crippen LogP contribution in [0.4, 0.5) is 5.69 Å². The van der Waals surface area contributed by atoms with Crippen LogP contribution < -0.4 is 0 Å². The number of amidine groups is 1. The molecule has 1 saturated heterocycles. The lowest BCUT2D eigenvalue weighted by Crippen LogP contribution is -2.32. The number of likely N-dealkylation sites (tertiary alicyclic amines) is 1. The van der Waals surface area contributed by atoms with E-state index in [1.54, 1.807) is 0 Å². The SMILES string of the molecule is ClC(=Nc1ccccc1)N1CCCCC1. The Morgan fingerprint density at radius 2 is 1.73 bits per heavy atom. The molecule has 80 valence electrons. The topological polar surface area (TPSA) is 15.6 Å². The summed E-state index contributed by atoms with van der Waals surface area (Å²) in [5.74, 6) is 0. The molecule has 0 spiro atoms. The van der Waals surface area contributed by atoms with Crippen LogP contribution in [0.3, 0.4) is 0 Å². The molecule has 0 unspecified atom stereocenters. The molecule has 0 bridgehead atoms. The van der Waals surface area contributed by atoms with Crippen molar-refractivity contribution >= 4 is 22.6 Å². The number of hydrogen-bond donors (Lipinski definition) is 0. The molecule has 15 heavy (non-hydrogen) atoms. The van der Waals surface area contributed by atoms with Gasteiger partial charge in [-0.05, 0) is 43.0 Å². The van der Waals surface area contributed by atoms with Crippen LogP contribution >= 0.6 is 11.6 Å². The summed E-state index contributed by atoms with van der Waals surface area (Å²) in [5, 5.41) is 0.626. The van der Waals surface area contributed by atoms with Crippen LogP contribution in [0, 0.1) is 0 Å². The van der Waals surface area contributed by atoms with Crippen molar-refractivity contribution < 1.29 is 0 Å². The van der Waals surface area contributed by atoms with Gasteiger partial charge in [0, 0.05) is 13.1 Å². The van der Waals surface area contributed by atoms with Gasteiger partial charge < -0.3 is 4.90 Å². The van der Waals surface area contributed by atoms with Crippen molar-refractivity contribution in [2.24, 2.45) is 4.99 Å². The van der Waals surface area contributed by atoms with E-state index in [0.29, 0.717) is 5.29 Å². The molecule has 1 aliphatic rings. The zero-order valence-electron chi connectivity index (χ0n) is 8.69. The van der Waals surface area contributed by atoms with Crippen molar-refractivity contribution in [1.82, 2.24) is 4.90 Å². The molecule has 2 rings (SSSR count). The predicted octanol–water partition coefficient (Wildman–Crippen LogP) is 3.40. The van der Waals surface area contributed by atoms with E-state index >= 15 is 0 Å². The first-order valence-corrected chi connectivity index (χ1v) is 5.78. The Hall–Kier alpha value is -1.02. The minimum atomic E-state index is 0.626. The van der Waals surface area contributed by atoms with Gasteiger partial charge in [0.05, 0.1) is 5.69 Å². The molecule has 1 heterocycles.